The fourth-order valence-corrected chi connectivity index (χ4v) is 2.48. The number of aryl methyl sites for hydroxylation is 1. The molecule has 1 aliphatic rings. The average Bonchev–Trinajstić information content (AvgIpc) is 2.33. The van der Waals surface area contributed by atoms with Gasteiger partial charge in [-0.15, -0.1) is 0 Å². The Balaban J connectivity index is 2.02. The molecule has 0 radical (unpaired) electrons. The molecule has 3 nitrogen and oxygen atoms in total. The number of piperidine rings is 1. The lowest BCUT2D eigenvalue weighted by atomic mass is 9.97. The van der Waals surface area contributed by atoms with E-state index in [0.29, 0.717) is 13.1 Å². The van der Waals surface area contributed by atoms with E-state index in [4.69, 9.17) is 5.11 Å². The number of likely N-dealkylation sites (tertiary alicyclic amines) is 1. The molecule has 2 rings (SSSR count). The van der Waals surface area contributed by atoms with Crippen LogP contribution in [0.15, 0.2) is 18.2 Å². The van der Waals surface area contributed by atoms with Crippen LogP contribution in [0.1, 0.15) is 24.0 Å². The molecule has 1 aromatic carbocycles. The normalized spacial score (nSPS) is 20.9. The van der Waals surface area contributed by atoms with Crippen molar-refractivity contribution in [3.63, 3.8) is 0 Å². The van der Waals surface area contributed by atoms with Crippen LogP contribution < -0.4 is 0 Å². The van der Waals surface area contributed by atoms with Crippen molar-refractivity contribution in [1.82, 2.24) is 4.90 Å². The summed E-state index contributed by atoms with van der Waals surface area (Å²) in [6.45, 7) is 4.10. The Morgan fingerprint density at radius 3 is 3.00 bits per heavy atom. The molecule has 1 N–H and O–H groups in total. The maximum atomic E-state index is 13.0. The highest BCUT2D eigenvalue weighted by atomic mass is 19.1. The van der Waals surface area contributed by atoms with E-state index in [9.17, 15) is 9.18 Å². The summed E-state index contributed by atoms with van der Waals surface area (Å²) in [5.41, 5.74) is 2.00. The molecule has 98 valence electrons. The number of hydrogen-bond acceptors (Lipinski definition) is 2. The number of nitrogens with zero attached hydrogens (tertiary/aromatic N) is 1. The zero-order valence-corrected chi connectivity index (χ0v) is 10.5. The molecule has 1 aliphatic heterocycles. The van der Waals surface area contributed by atoms with Gasteiger partial charge in [0, 0.05) is 13.1 Å². The Bertz CT molecular complexity index is 447. The van der Waals surface area contributed by atoms with Crippen LogP contribution in [0.3, 0.4) is 0 Å². The van der Waals surface area contributed by atoms with Gasteiger partial charge in [0.15, 0.2) is 0 Å². The van der Waals surface area contributed by atoms with Crippen molar-refractivity contribution >= 4 is 5.97 Å². The van der Waals surface area contributed by atoms with E-state index < -0.39 is 5.97 Å². The molecular formula is C14H18FNO2. The quantitative estimate of drug-likeness (QED) is 0.897. The van der Waals surface area contributed by atoms with Gasteiger partial charge in [0.05, 0.1) is 5.92 Å². The third-order valence-electron chi connectivity index (χ3n) is 3.55. The van der Waals surface area contributed by atoms with Gasteiger partial charge in [-0.05, 0) is 49.6 Å². The number of halogens is 1. The van der Waals surface area contributed by atoms with E-state index in [2.05, 4.69) is 4.90 Å². The monoisotopic (exact) mass is 251 g/mol. The predicted molar refractivity (Wildman–Crippen MR) is 66.8 cm³/mol. The molecule has 0 aromatic heterocycles. The van der Waals surface area contributed by atoms with Crippen LogP contribution in [0.2, 0.25) is 0 Å². The first kappa shape index (κ1) is 13.0. The number of aliphatic carboxylic acids is 1. The van der Waals surface area contributed by atoms with Crippen molar-refractivity contribution in [3.05, 3.63) is 35.1 Å². The van der Waals surface area contributed by atoms with Crippen LogP contribution >= 0.6 is 0 Å². The third kappa shape index (κ3) is 3.07. The van der Waals surface area contributed by atoms with Crippen LogP contribution in [0, 0.1) is 18.7 Å². The fraction of sp³-hybridized carbons (Fsp3) is 0.500. The number of benzene rings is 1. The molecule has 0 amide bonds. The van der Waals surface area contributed by atoms with Gasteiger partial charge in [-0.1, -0.05) is 6.07 Å². The summed E-state index contributed by atoms with van der Waals surface area (Å²) in [6, 6.07) is 4.77. The van der Waals surface area contributed by atoms with Gasteiger partial charge < -0.3 is 5.11 Å². The first-order valence-corrected chi connectivity index (χ1v) is 6.26. The van der Waals surface area contributed by atoms with Crippen LogP contribution in [-0.2, 0) is 11.3 Å². The van der Waals surface area contributed by atoms with Gasteiger partial charge in [0.25, 0.3) is 0 Å². The van der Waals surface area contributed by atoms with Crippen molar-refractivity contribution < 1.29 is 14.3 Å². The van der Waals surface area contributed by atoms with Crippen LogP contribution in [0.25, 0.3) is 0 Å². The first-order valence-electron chi connectivity index (χ1n) is 6.26. The van der Waals surface area contributed by atoms with Crippen LogP contribution in [-0.4, -0.2) is 29.1 Å². The summed E-state index contributed by atoms with van der Waals surface area (Å²) in [6.07, 6.45) is 1.67. The summed E-state index contributed by atoms with van der Waals surface area (Å²) in [4.78, 5) is 13.1. The minimum absolute atomic E-state index is 0.224. The van der Waals surface area contributed by atoms with Crippen molar-refractivity contribution in [3.8, 4) is 0 Å². The van der Waals surface area contributed by atoms with Crippen molar-refractivity contribution in [2.24, 2.45) is 5.92 Å². The minimum atomic E-state index is -0.712. The number of hydrogen-bond donors (Lipinski definition) is 1. The van der Waals surface area contributed by atoms with E-state index in [1.54, 1.807) is 6.07 Å². The van der Waals surface area contributed by atoms with Gasteiger partial charge in [-0.3, -0.25) is 9.69 Å². The summed E-state index contributed by atoms with van der Waals surface area (Å²) in [5.74, 6) is -1.20. The molecule has 0 spiro atoms. The smallest absolute Gasteiger partial charge is 0.307 e. The second-order valence-electron chi connectivity index (χ2n) is 4.98. The number of rotatable bonds is 3. The maximum Gasteiger partial charge on any atom is 0.307 e. The molecule has 1 heterocycles. The average molecular weight is 251 g/mol. The van der Waals surface area contributed by atoms with E-state index in [1.807, 2.05) is 6.92 Å². The standard InChI is InChI=1S/C14H18FNO2/c1-10-7-13(15)5-4-11(10)8-16-6-2-3-12(9-16)14(17)18/h4-5,7,12H,2-3,6,8-9H2,1H3,(H,17,18)/t12-/m0/s1. The molecule has 0 unspecified atom stereocenters. The highest BCUT2D eigenvalue weighted by molar-refractivity contribution is 5.70. The predicted octanol–water partition coefficient (Wildman–Crippen LogP) is 2.43. The van der Waals surface area contributed by atoms with Gasteiger partial charge >= 0.3 is 5.97 Å². The second kappa shape index (κ2) is 5.48. The Morgan fingerprint density at radius 2 is 2.33 bits per heavy atom. The van der Waals surface area contributed by atoms with Gasteiger partial charge in [-0.2, -0.15) is 0 Å². The zero-order valence-electron chi connectivity index (χ0n) is 10.5. The highest BCUT2D eigenvalue weighted by Crippen LogP contribution is 2.20. The van der Waals surface area contributed by atoms with E-state index in [1.165, 1.54) is 12.1 Å². The highest BCUT2D eigenvalue weighted by Gasteiger charge is 2.25. The lowest BCUT2D eigenvalue weighted by molar-refractivity contribution is -0.143. The SMILES string of the molecule is Cc1cc(F)ccc1CN1CCC[C@H](C(=O)O)C1. The molecule has 0 bridgehead atoms. The first-order chi connectivity index (χ1) is 8.56. The van der Waals surface area contributed by atoms with Gasteiger partial charge in [0.2, 0.25) is 0 Å². The van der Waals surface area contributed by atoms with Crippen molar-refractivity contribution in [2.75, 3.05) is 13.1 Å². The van der Waals surface area contributed by atoms with E-state index in [0.717, 1.165) is 30.5 Å². The summed E-state index contributed by atoms with van der Waals surface area (Å²) < 4.78 is 13.0. The van der Waals surface area contributed by atoms with Crippen LogP contribution in [0.5, 0.6) is 0 Å². The molecule has 1 aromatic rings. The molecule has 1 fully saturated rings. The number of carboxylic acids is 1. The Kier molecular flexibility index (Phi) is 3.97. The Hall–Kier alpha value is -1.42. The maximum absolute atomic E-state index is 13.0. The summed E-state index contributed by atoms with van der Waals surface area (Å²) in [5, 5.41) is 9.04. The number of carboxylic acid groups (broad SMARTS) is 1. The van der Waals surface area contributed by atoms with Crippen molar-refractivity contribution in [2.45, 2.75) is 26.3 Å². The molecule has 1 atom stereocenters. The topological polar surface area (TPSA) is 40.5 Å². The fourth-order valence-electron chi connectivity index (χ4n) is 2.48. The Morgan fingerprint density at radius 1 is 1.56 bits per heavy atom. The number of carbonyl (C=O) groups is 1. The Labute approximate surface area is 106 Å². The minimum Gasteiger partial charge on any atom is -0.481 e. The van der Waals surface area contributed by atoms with Crippen molar-refractivity contribution in [1.29, 1.82) is 0 Å². The third-order valence-corrected chi connectivity index (χ3v) is 3.55. The lowest BCUT2D eigenvalue weighted by Crippen LogP contribution is -2.38. The van der Waals surface area contributed by atoms with E-state index >= 15 is 0 Å². The lowest BCUT2D eigenvalue weighted by Gasteiger charge is -2.31. The van der Waals surface area contributed by atoms with E-state index in [-0.39, 0.29) is 11.7 Å². The van der Waals surface area contributed by atoms with Crippen LogP contribution in [0.4, 0.5) is 4.39 Å². The summed E-state index contributed by atoms with van der Waals surface area (Å²) >= 11 is 0. The molecule has 0 aliphatic carbocycles. The van der Waals surface area contributed by atoms with Gasteiger partial charge in [-0.25, -0.2) is 4.39 Å². The van der Waals surface area contributed by atoms with Gasteiger partial charge in [0.1, 0.15) is 5.82 Å². The summed E-state index contributed by atoms with van der Waals surface area (Å²) in [7, 11) is 0. The molecule has 18 heavy (non-hydrogen) atoms. The molecule has 1 saturated heterocycles. The molecular weight excluding hydrogens is 233 g/mol. The zero-order chi connectivity index (χ0) is 13.1. The second-order valence-corrected chi connectivity index (χ2v) is 4.98. The largest absolute Gasteiger partial charge is 0.481 e. The molecule has 0 saturated carbocycles. The molecule has 4 heteroatoms.